The zero-order chi connectivity index (χ0) is 18.1. The Morgan fingerprint density at radius 1 is 1.12 bits per heavy atom. The van der Waals surface area contributed by atoms with Gasteiger partial charge in [0.25, 0.3) is 5.91 Å². The van der Waals surface area contributed by atoms with E-state index in [-0.39, 0.29) is 11.3 Å². The number of carbonyl (C=O) groups is 1. The van der Waals surface area contributed by atoms with Crippen LogP contribution in [0.1, 0.15) is 41.9 Å². The van der Waals surface area contributed by atoms with Gasteiger partial charge in [-0.2, -0.15) is 5.10 Å². The van der Waals surface area contributed by atoms with Gasteiger partial charge in [-0.1, -0.05) is 0 Å². The molecular formula is C19H26N6O. The van der Waals surface area contributed by atoms with Crippen molar-refractivity contribution in [3.05, 3.63) is 35.9 Å². The van der Waals surface area contributed by atoms with Crippen molar-refractivity contribution in [2.24, 2.45) is 12.5 Å². The van der Waals surface area contributed by atoms with Gasteiger partial charge < -0.3 is 9.80 Å². The highest BCUT2D eigenvalue weighted by Crippen LogP contribution is 2.39. The Kier molecular flexibility index (Phi) is 4.38. The summed E-state index contributed by atoms with van der Waals surface area (Å²) < 4.78 is 1.70. The maximum atomic E-state index is 13.0. The van der Waals surface area contributed by atoms with Crippen molar-refractivity contribution in [2.75, 3.05) is 31.1 Å². The van der Waals surface area contributed by atoms with E-state index in [1.165, 1.54) is 0 Å². The number of aromatic nitrogens is 4. The van der Waals surface area contributed by atoms with Crippen LogP contribution in [0.15, 0.2) is 24.5 Å². The summed E-state index contributed by atoms with van der Waals surface area (Å²) in [6, 6.07) is 3.73. The highest BCUT2D eigenvalue weighted by Gasteiger charge is 2.41. The molecule has 4 rings (SSSR count). The Hall–Kier alpha value is -2.44. The Morgan fingerprint density at radius 3 is 2.54 bits per heavy atom. The van der Waals surface area contributed by atoms with Gasteiger partial charge in [0, 0.05) is 51.0 Å². The van der Waals surface area contributed by atoms with Crippen LogP contribution in [0.4, 0.5) is 5.95 Å². The van der Waals surface area contributed by atoms with E-state index in [1.807, 2.05) is 31.0 Å². The number of carbonyl (C=O) groups excluding carboxylic acids is 1. The first-order chi connectivity index (χ1) is 12.6. The van der Waals surface area contributed by atoms with E-state index in [0.29, 0.717) is 5.69 Å². The van der Waals surface area contributed by atoms with Gasteiger partial charge in [0.2, 0.25) is 5.95 Å². The third-order valence-corrected chi connectivity index (χ3v) is 5.67. The van der Waals surface area contributed by atoms with Crippen molar-refractivity contribution in [3.63, 3.8) is 0 Å². The van der Waals surface area contributed by atoms with Crippen LogP contribution in [0.5, 0.6) is 0 Å². The van der Waals surface area contributed by atoms with Crippen molar-refractivity contribution < 1.29 is 4.79 Å². The number of piperidine rings is 2. The summed E-state index contributed by atoms with van der Waals surface area (Å²) in [6.07, 6.45) is 8.07. The summed E-state index contributed by atoms with van der Waals surface area (Å²) in [5.41, 5.74) is 1.70. The molecule has 2 aliphatic heterocycles. The second kappa shape index (κ2) is 6.70. The number of aryl methyl sites for hydroxylation is 2. The summed E-state index contributed by atoms with van der Waals surface area (Å²) in [5, 5.41) is 4.33. The Balaban J connectivity index is 1.52. The summed E-state index contributed by atoms with van der Waals surface area (Å²) in [7, 11) is 1.84. The highest BCUT2D eigenvalue weighted by molar-refractivity contribution is 5.92. The molecule has 0 aromatic carbocycles. The lowest BCUT2D eigenvalue weighted by Gasteiger charge is -2.48. The van der Waals surface area contributed by atoms with Crippen molar-refractivity contribution >= 4 is 11.9 Å². The van der Waals surface area contributed by atoms with E-state index < -0.39 is 0 Å². The molecule has 2 fully saturated rings. The fraction of sp³-hybridized carbons (Fsp3) is 0.579. The smallest absolute Gasteiger partial charge is 0.272 e. The van der Waals surface area contributed by atoms with E-state index in [9.17, 15) is 4.79 Å². The first-order valence-corrected chi connectivity index (χ1v) is 9.38. The largest absolute Gasteiger partial charge is 0.340 e. The predicted molar refractivity (Wildman–Crippen MR) is 99.0 cm³/mol. The summed E-state index contributed by atoms with van der Waals surface area (Å²) >= 11 is 0. The minimum absolute atomic E-state index is 0.0975. The lowest BCUT2D eigenvalue weighted by molar-refractivity contribution is 0.0455. The zero-order valence-corrected chi connectivity index (χ0v) is 15.6. The molecule has 1 unspecified atom stereocenters. The first-order valence-electron chi connectivity index (χ1n) is 9.38. The normalized spacial score (nSPS) is 23.5. The molecule has 0 radical (unpaired) electrons. The van der Waals surface area contributed by atoms with Crippen molar-refractivity contribution in [1.29, 1.82) is 0 Å². The predicted octanol–water partition coefficient (Wildman–Crippen LogP) is 2.04. The van der Waals surface area contributed by atoms with Gasteiger partial charge in [-0.15, -0.1) is 0 Å². The van der Waals surface area contributed by atoms with Crippen LogP contribution in [0.3, 0.4) is 0 Å². The third-order valence-electron chi connectivity index (χ3n) is 5.67. The standard InChI is InChI=1S/C19H26N6O/c1-15-12-16(23(2)22-15)17(26)24-10-3-6-19(13-24)7-4-11-25(14-19)18-20-8-5-9-21-18/h5,8-9,12H,3-4,6-7,10-11,13-14H2,1-2H3. The van der Waals surface area contributed by atoms with Crippen molar-refractivity contribution in [1.82, 2.24) is 24.6 Å². The van der Waals surface area contributed by atoms with E-state index >= 15 is 0 Å². The second-order valence-electron chi connectivity index (χ2n) is 7.70. The van der Waals surface area contributed by atoms with Crippen LogP contribution >= 0.6 is 0 Å². The molecule has 138 valence electrons. The second-order valence-corrected chi connectivity index (χ2v) is 7.70. The number of nitrogens with zero attached hydrogens (tertiary/aromatic N) is 6. The molecule has 7 nitrogen and oxygen atoms in total. The van der Waals surface area contributed by atoms with Crippen molar-refractivity contribution in [3.8, 4) is 0 Å². The van der Waals surface area contributed by atoms with Gasteiger partial charge in [0.15, 0.2) is 0 Å². The number of rotatable bonds is 2. The van der Waals surface area contributed by atoms with Gasteiger partial charge in [0.05, 0.1) is 5.69 Å². The number of hydrogen-bond donors (Lipinski definition) is 0. The molecule has 1 amide bonds. The molecule has 2 aromatic heterocycles. The monoisotopic (exact) mass is 354 g/mol. The minimum Gasteiger partial charge on any atom is -0.340 e. The van der Waals surface area contributed by atoms with E-state index in [0.717, 1.165) is 63.5 Å². The van der Waals surface area contributed by atoms with Crippen LogP contribution < -0.4 is 4.90 Å². The molecule has 0 N–H and O–H groups in total. The molecule has 0 aliphatic carbocycles. The molecule has 2 aromatic rings. The Bertz CT molecular complexity index is 785. The summed E-state index contributed by atoms with van der Waals surface area (Å²) in [5.74, 6) is 0.901. The Morgan fingerprint density at radius 2 is 1.85 bits per heavy atom. The van der Waals surface area contributed by atoms with Crippen LogP contribution in [-0.4, -0.2) is 56.7 Å². The van der Waals surface area contributed by atoms with Gasteiger partial charge in [-0.3, -0.25) is 9.48 Å². The quantitative estimate of drug-likeness (QED) is 0.826. The lowest BCUT2D eigenvalue weighted by atomic mass is 9.73. The molecule has 26 heavy (non-hydrogen) atoms. The maximum absolute atomic E-state index is 13.0. The molecular weight excluding hydrogens is 328 g/mol. The van der Waals surface area contributed by atoms with Crippen LogP contribution in [0.25, 0.3) is 0 Å². The molecule has 1 spiro atoms. The zero-order valence-electron chi connectivity index (χ0n) is 15.6. The van der Waals surface area contributed by atoms with Crippen LogP contribution in [0.2, 0.25) is 0 Å². The molecule has 4 heterocycles. The van der Waals surface area contributed by atoms with Crippen LogP contribution in [0, 0.1) is 12.3 Å². The van der Waals surface area contributed by atoms with E-state index in [2.05, 4.69) is 20.0 Å². The van der Waals surface area contributed by atoms with Gasteiger partial charge in [-0.05, 0) is 44.7 Å². The molecule has 0 saturated carbocycles. The van der Waals surface area contributed by atoms with Gasteiger partial charge in [0.1, 0.15) is 5.69 Å². The first kappa shape index (κ1) is 17.0. The summed E-state index contributed by atoms with van der Waals surface area (Å²) in [4.78, 5) is 26.2. The van der Waals surface area contributed by atoms with E-state index in [1.54, 1.807) is 17.1 Å². The highest BCUT2D eigenvalue weighted by atomic mass is 16.2. The molecule has 2 saturated heterocycles. The SMILES string of the molecule is Cc1cc(C(=O)N2CCCC3(CCCN(c4ncccn4)C3)C2)n(C)n1. The third kappa shape index (κ3) is 3.18. The number of amides is 1. The van der Waals surface area contributed by atoms with E-state index in [4.69, 9.17) is 0 Å². The average molecular weight is 354 g/mol. The fourth-order valence-electron chi connectivity index (χ4n) is 4.52. The lowest BCUT2D eigenvalue weighted by Crippen LogP contribution is -2.54. The van der Waals surface area contributed by atoms with Crippen molar-refractivity contribution in [2.45, 2.75) is 32.6 Å². The number of anilines is 1. The van der Waals surface area contributed by atoms with Gasteiger partial charge >= 0.3 is 0 Å². The fourth-order valence-corrected chi connectivity index (χ4v) is 4.52. The van der Waals surface area contributed by atoms with Gasteiger partial charge in [-0.25, -0.2) is 9.97 Å². The molecule has 7 heteroatoms. The molecule has 1 atom stereocenters. The Labute approximate surface area is 154 Å². The maximum Gasteiger partial charge on any atom is 0.272 e. The minimum atomic E-state index is 0.0975. The molecule has 2 aliphatic rings. The average Bonchev–Trinajstić information content (AvgIpc) is 3.00. The number of likely N-dealkylation sites (tertiary alicyclic amines) is 1. The van der Waals surface area contributed by atoms with Crippen LogP contribution in [-0.2, 0) is 7.05 Å². The number of hydrogen-bond acceptors (Lipinski definition) is 5. The topological polar surface area (TPSA) is 67.2 Å². The molecule has 0 bridgehead atoms. The summed E-state index contributed by atoms with van der Waals surface area (Å²) in [6.45, 7) is 5.46.